The number of carbonyl (C=O) groups is 5. The van der Waals surface area contributed by atoms with E-state index in [2.05, 4.69) is 28.0 Å². The molecule has 3 amide bonds. The Kier molecular flexibility index (Phi) is 11.2. The van der Waals surface area contributed by atoms with E-state index in [4.69, 9.17) is 10.8 Å². The third kappa shape index (κ3) is 9.50. The number of anilines is 1. The van der Waals surface area contributed by atoms with Gasteiger partial charge in [-0.05, 0) is 53.3 Å². The summed E-state index contributed by atoms with van der Waals surface area (Å²) in [6.07, 6.45) is -1.73. The number of amides is 3. The number of aliphatic carboxylic acids is 1. The third-order valence-electron chi connectivity index (χ3n) is 3.69. The van der Waals surface area contributed by atoms with Gasteiger partial charge in [-0.2, -0.15) is 17.7 Å². The van der Waals surface area contributed by atoms with Crippen LogP contribution in [0.15, 0.2) is 24.3 Å². The summed E-state index contributed by atoms with van der Waals surface area (Å²) in [6.45, 7) is -0.713. The van der Waals surface area contributed by atoms with Crippen molar-refractivity contribution in [2.45, 2.75) is 24.9 Å². The molecule has 2 unspecified atom stereocenters. The average molecular weight is 568 g/mol. The minimum absolute atomic E-state index is 0.0720. The minimum atomic E-state index is -1.37. The highest BCUT2D eigenvalue weighted by molar-refractivity contribution is 14.1. The number of carboxylic acid groups (broad SMARTS) is 1. The summed E-state index contributed by atoms with van der Waals surface area (Å²) in [5.41, 5.74) is 5.37. The number of rotatable bonds is 10. The molecule has 0 spiro atoms. The van der Waals surface area contributed by atoms with Crippen LogP contribution >= 0.6 is 35.2 Å². The number of carbonyl (C=O) groups excluding carboxylic acids is 4. The van der Waals surface area contributed by atoms with Gasteiger partial charge >= 0.3 is 18.0 Å². The van der Waals surface area contributed by atoms with Gasteiger partial charge in [-0.25, -0.2) is 9.59 Å². The lowest BCUT2D eigenvalue weighted by Crippen LogP contribution is -2.49. The van der Waals surface area contributed by atoms with E-state index in [0.717, 1.165) is 3.57 Å². The lowest BCUT2D eigenvalue weighted by Gasteiger charge is -2.17. The largest absolute Gasteiger partial charge is 0.480 e. The third-order valence-corrected chi connectivity index (χ3v) is 4.77. The highest BCUT2D eigenvalue weighted by atomic mass is 127. The van der Waals surface area contributed by atoms with Crippen molar-refractivity contribution >= 4 is 70.8 Å². The molecule has 0 saturated carbocycles. The van der Waals surface area contributed by atoms with Gasteiger partial charge in [0, 0.05) is 15.7 Å². The molecule has 0 radical (unpaired) electrons. The molecule has 0 saturated heterocycles. The summed E-state index contributed by atoms with van der Waals surface area (Å²) in [5, 5.41) is 23.1. The van der Waals surface area contributed by atoms with Crippen LogP contribution in [0.25, 0.3) is 0 Å². The number of hydrogen-bond acceptors (Lipinski definition) is 9. The Balaban J connectivity index is 2.46. The van der Waals surface area contributed by atoms with Crippen molar-refractivity contribution in [2.24, 2.45) is 5.73 Å². The van der Waals surface area contributed by atoms with Gasteiger partial charge in [0.25, 0.3) is 0 Å². The second-order valence-corrected chi connectivity index (χ2v) is 7.64. The van der Waals surface area contributed by atoms with E-state index in [1.165, 1.54) is 12.1 Å². The minimum Gasteiger partial charge on any atom is -0.480 e. The summed E-state index contributed by atoms with van der Waals surface area (Å²) in [5.74, 6) is -3.94. The first kappa shape index (κ1) is 26.6. The van der Waals surface area contributed by atoms with Crippen molar-refractivity contribution in [3.8, 4) is 0 Å². The maximum Gasteiger partial charge on any atom is 0.446 e. The van der Waals surface area contributed by atoms with Gasteiger partial charge in [0.15, 0.2) is 0 Å². The summed E-state index contributed by atoms with van der Waals surface area (Å²) in [7, 11) is 0. The van der Waals surface area contributed by atoms with Gasteiger partial charge < -0.3 is 26.2 Å². The molecule has 31 heavy (non-hydrogen) atoms. The van der Waals surface area contributed by atoms with E-state index in [1.807, 2.05) is 22.6 Å². The van der Waals surface area contributed by atoms with Crippen molar-refractivity contribution in [1.29, 1.82) is 0 Å². The van der Waals surface area contributed by atoms with Gasteiger partial charge in [0.2, 0.25) is 11.8 Å². The number of hydrogen-bond donors (Lipinski definition) is 6. The molecule has 2 atom stereocenters. The molecule has 0 fully saturated rings. The predicted octanol–water partition coefficient (Wildman–Crippen LogP) is -0.127. The monoisotopic (exact) mass is 568 g/mol. The standard InChI is InChI=1S/C17H21IN4O8S/c18-9-1-3-10(4-2-9)22(29)17(28)30-14(24)7-20-15(25)12(8-31)21-13(23)6-5-11(19)16(26)27/h1-4,11-12,29,31H,5-8,19H2,(H,20,25)(H,21,23)(H,26,27). The molecule has 0 aliphatic heterocycles. The molecule has 0 aliphatic rings. The molecule has 170 valence electrons. The molecule has 1 aromatic rings. The molecule has 0 aliphatic carbocycles. The van der Waals surface area contributed by atoms with Crippen molar-refractivity contribution in [1.82, 2.24) is 10.6 Å². The van der Waals surface area contributed by atoms with Crippen molar-refractivity contribution < 1.29 is 39.0 Å². The summed E-state index contributed by atoms with van der Waals surface area (Å²) in [4.78, 5) is 58.1. The lowest BCUT2D eigenvalue weighted by atomic mass is 10.1. The predicted molar refractivity (Wildman–Crippen MR) is 119 cm³/mol. The average Bonchev–Trinajstić information content (AvgIpc) is 2.73. The number of nitrogens with two attached hydrogens (primary N) is 1. The Bertz CT molecular complexity index is 823. The molecule has 1 aromatic carbocycles. The van der Waals surface area contributed by atoms with E-state index in [9.17, 15) is 29.2 Å². The van der Waals surface area contributed by atoms with Crippen LogP contribution < -0.4 is 21.4 Å². The maximum atomic E-state index is 12.1. The van der Waals surface area contributed by atoms with Crippen molar-refractivity contribution in [2.75, 3.05) is 17.4 Å². The van der Waals surface area contributed by atoms with Crippen LogP contribution in [0.1, 0.15) is 12.8 Å². The van der Waals surface area contributed by atoms with Crippen LogP contribution in [0, 0.1) is 3.57 Å². The second-order valence-electron chi connectivity index (χ2n) is 6.03. The Morgan fingerprint density at radius 1 is 1.19 bits per heavy atom. The number of nitrogens with one attached hydrogen (secondary N) is 2. The molecule has 0 aromatic heterocycles. The van der Waals surface area contributed by atoms with Crippen molar-refractivity contribution in [3.63, 3.8) is 0 Å². The van der Waals surface area contributed by atoms with E-state index in [-0.39, 0.29) is 29.3 Å². The van der Waals surface area contributed by atoms with Gasteiger partial charge in [0.05, 0.1) is 5.69 Å². The van der Waals surface area contributed by atoms with Crippen LogP contribution in [0.2, 0.25) is 0 Å². The lowest BCUT2D eigenvalue weighted by molar-refractivity contribution is -0.139. The molecular weight excluding hydrogens is 547 g/mol. The number of hydroxylamine groups is 1. The Hall–Kier alpha value is -2.43. The summed E-state index contributed by atoms with van der Waals surface area (Å²) >= 11 is 5.97. The number of thiol groups is 1. The van der Waals surface area contributed by atoms with Crippen LogP contribution in [0.5, 0.6) is 0 Å². The molecule has 12 nitrogen and oxygen atoms in total. The highest BCUT2D eigenvalue weighted by Crippen LogP contribution is 2.15. The second kappa shape index (κ2) is 13.1. The van der Waals surface area contributed by atoms with E-state index in [1.54, 1.807) is 12.1 Å². The quantitative estimate of drug-likeness (QED) is 0.0558. The summed E-state index contributed by atoms with van der Waals surface area (Å²) < 4.78 is 5.29. The Morgan fingerprint density at radius 3 is 2.35 bits per heavy atom. The molecule has 0 heterocycles. The number of esters is 1. The highest BCUT2D eigenvalue weighted by Gasteiger charge is 2.23. The maximum absolute atomic E-state index is 12.1. The van der Waals surface area contributed by atoms with Crippen molar-refractivity contribution in [3.05, 3.63) is 27.8 Å². The van der Waals surface area contributed by atoms with E-state index < -0.39 is 48.5 Å². The molecule has 14 heteroatoms. The van der Waals surface area contributed by atoms with Crippen LogP contribution in [-0.4, -0.2) is 64.5 Å². The normalized spacial score (nSPS) is 12.3. The van der Waals surface area contributed by atoms with E-state index >= 15 is 0 Å². The zero-order valence-corrected chi connectivity index (χ0v) is 19.0. The van der Waals surface area contributed by atoms with Gasteiger partial charge in [-0.3, -0.25) is 19.6 Å². The van der Waals surface area contributed by atoms with Gasteiger partial charge in [-0.15, -0.1) is 0 Å². The Morgan fingerprint density at radius 2 is 1.81 bits per heavy atom. The van der Waals surface area contributed by atoms with Gasteiger partial charge in [0.1, 0.15) is 18.6 Å². The first-order chi connectivity index (χ1) is 14.5. The topological polar surface area (TPSA) is 188 Å². The molecule has 6 N–H and O–H groups in total. The number of carboxylic acids is 1. The number of nitrogens with zero attached hydrogens (tertiary/aromatic N) is 1. The SMILES string of the molecule is NC(CCC(=O)NC(CS)C(=O)NCC(=O)OC(=O)N(O)c1ccc(I)cc1)C(=O)O. The number of ether oxygens (including phenoxy) is 1. The van der Waals surface area contributed by atoms with Crippen LogP contribution in [0.4, 0.5) is 10.5 Å². The fraction of sp³-hybridized carbons (Fsp3) is 0.353. The van der Waals surface area contributed by atoms with E-state index in [0.29, 0.717) is 0 Å². The molecular formula is C17H21IN4O8S. The van der Waals surface area contributed by atoms with Gasteiger partial charge in [-0.1, -0.05) is 0 Å². The molecule has 1 rings (SSSR count). The number of halogens is 1. The molecule has 0 bridgehead atoms. The number of benzene rings is 1. The smallest absolute Gasteiger partial charge is 0.446 e. The van der Waals surface area contributed by atoms with Crippen LogP contribution in [-0.2, 0) is 23.9 Å². The first-order valence-corrected chi connectivity index (χ1v) is 10.4. The first-order valence-electron chi connectivity index (χ1n) is 8.70. The fourth-order valence-electron chi connectivity index (χ4n) is 2.02. The zero-order chi connectivity index (χ0) is 23.6. The van der Waals surface area contributed by atoms with Crippen LogP contribution in [0.3, 0.4) is 0 Å². The fourth-order valence-corrected chi connectivity index (χ4v) is 2.63. The summed E-state index contributed by atoms with van der Waals surface area (Å²) in [6, 6.07) is 3.76. The Labute approximate surface area is 196 Å². The zero-order valence-electron chi connectivity index (χ0n) is 16.0.